The molecule has 3 amide bonds. The van der Waals surface area contributed by atoms with Gasteiger partial charge in [0, 0.05) is 18.7 Å². The van der Waals surface area contributed by atoms with Crippen molar-refractivity contribution in [2.45, 2.75) is 13.5 Å². The molecule has 0 atom stereocenters. The fourth-order valence-corrected chi connectivity index (χ4v) is 4.06. The summed E-state index contributed by atoms with van der Waals surface area (Å²) in [7, 11) is 0. The van der Waals surface area contributed by atoms with Crippen LogP contribution in [0.2, 0.25) is 0 Å². The zero-order valence-electron chi connectivity index (χ0n) is 16.9. The molecule has 0 N–H and O–H groups in total. The van der Waals surface area contributed by atoms with Gasteiger partial charge in [-0.1, -0.05) is 48.2 Å². The summed E-state index contributed by atoms with van der Waals surface area (Å²) < 4.78 is 5.90. The van der Waals surface area contributed by atoms with Crippen LogP contribution >= 0.6 is 11.8 Å². The molecule has 7 heteroatoms. The highest BCUT2D eigenvalue weighted by Gasteiger charge is 2.30. The van der Waals surface area contributed by atoms with Crippen LogP contribution in [0.5, 0.6) is 11.5 Å². The summed E-state index contributed by atoms with van der Waals surface area (Å²) in [4.78, 5) is 39.2. The largest absolute Gasteiger partial charge is 0.457 e. The first-order chi connectivity index (χ1) is 15.0. The van der Waals surface area contributed by atoms with Crippen molar-refractivity contribution in [2.24, 2.45) is 0 Å². The third kappa shape index (κ3) is 4.78. The second-order valence-electron chi connectivity index (χ2n) is 6.97. The third-order valence-electron chi connectivity index (χ3n) is 4.72. The molecule has 156 valence electrons. The Morgan fingerprint density at radius 1 is 0.935 bits per heavy atom. The fourth-order valence-electron chi connectivity index (χ4n) is 3.33. The van der Waals surface area contributed by atoms with Gasteiger partial charge in [0.25, 0.3) is 5.24 Å². The predicted octanol–water partition coefficient (Wildman–Crippen LogP) is 5.36. The van der Waals surface area contributed by atoms with E-state index in [9.17, 15) is 14.4 Å². The number of carbonyl (C=O) groups excluding carboxylic acids is 3. The minimum atomic E-state index is -0.246. The number of hydrogen-bond donors (Lipinski definition) is 0. The van der Waals surface area contributed by atoms with E-state index in [1.54, 1.807) is 11.0 Å². The number of hydrogen-bond acceptors (Lipinski definition) is 5. The molecule has 3 aromatic rings. The molecule has 0 radical (unpaired) electrons. The van der Waals surface area contributed by atoms with Gasteiger partial charge in [-0.05, 0) is 42.0 Å². The molecule has 0 spiro atoms. The van der Waals surface area contributed by atoms with E-state index >= 15 is 0 Å². The number of carbonyl (C=O) groups is 3. The predicted molar refractivity (Wildman–Crippen MR) is 121 cm³/mol. The maximum atomic E-state index is 12.5. The van der Waals surface area contributed by atoms with Gasteiger partial charge in [0.2, 0.25) is 11.8 Å². The maximum absolute atomic E-state index is 12.5. The molecule has 1 heterocycles. The van der Waals surface area contributed by atoms with Gasteiger partial charge in [0.05, 0.1) is 18.0 Å². The Morgan fingerprint density at radius 3 is 2.29 bits per heavy atom. The molecule has 6 nitrogen and oxygen atoms in total. The van der Waals surface area contributed by atoms with E-state index in [0.29, 0.717) is 22.9 Å². The zero-order chi connectivity index (χ0) is 21.8. The number of anilines is 2. The lowest BCUT2D eigenvalue weighted by molar-refractivity contribution is -0.125. The van der Waals surface area contributed by atoms with Crippen LogP contribution in [0.3, 0.4) is 0 Å². The molecule has 3 aromatic carbocycles. The van der Waals surface area contributed by atoms with Gasteiger partial charge < -0.3 is 4.74 Å². The molecule has 0 saturated carbocycles. The SMILES string of the molecule is CC(=O)N(c1cccc(CN2C(=O)CSC2=O)c1)c1cccc(Oc2ccccc2)c1. The van der Waals surface area contributed by atoms with E-state index in [1.807, 2.05) is 72.8 Å². The summed E-state index contributed by atoms with van der Waals surface area (Å²) in [5.41, 5.74) is 2.07. The smallest absolute Gasteiger partial charge is 0.289 e. The Kier molecular flexibility index (Phi) is 6.04. The van der Waals surface area contributed by atoms with Crippen LogP contribution < -0.4 is 9.64 Å². The maximum Gasteiger partial charge on any atom is 0.289 e. The number of nitrogens with zero attached hydrogens (tertiary/aromatic N) is 2. The second-order valence-corrected chi connectivity index (χ2v) is 7.90. The van der Waals surface area contributed by atoms with Crippen molar-refractivity contribution in [3.05, 3.63) is 84.4 Å². The summed E-state index contributed by atoms with van der Waals surface area (Å²) in [5, 5.41) is -0.246. The fraction of sp³-hybridized carbons (Fsp3) is 0.125. The van der Waals surface area contributed by atoms with Crippen LogP contribution in [0.4, 0.5) is 16.2 Å². The van der Waals surface area contributed by atoms with Gasteiger partial charge in [0.1, 0.15) is 11.5 Å². The van der Waals surface area contributed by atoms with E-state index in [1.165, 1.54) is 11.8 Å². The monoisotopic (exact) mass is 432 g/mol. The molecule has 4 rings (SSSR count). The van der Waals surface area contributed by atoms with E-state index in [0.717, 1.165) is 17.3 Å². The van der Waals surface area contributed by atoms with Crippen molar-refractivity contribution in [1.82, 2.24) is 4.90 Å². The minimum Gasteiger partial charge on any atom is -0.457 e. The number of ether oxygens (including phenoxy) is 1. The average molecular weight is 433 g/mol. The molecule has 0 unspecified atom stereocenters. The summed E-state index contributed by atoms with van der Waals surface area (Å²) in [5.74, 6) is 1.12. The van der Waals surface area contributed by atoms with Gasteiger partial charge in [-0.3, -0.25) is 24.2 Å². The first kappa shape index (κ1) is 20.7. The summed E-state index contributed by atoms with van der Waals surface area (Å²) in [6.07, 6.45) is 0. The van der Waals surface area contributed by atoms with E-state index in [4.69, 9.17) is 4.74 Å². The molecule has 1 aliphatic rings. The Labute approximate surface area is 184 Å². The van der Waals surface area contributed by atoms with E-state index in [-0.39, 0.29) is 29.4 Å². The van der Waals surface area contributed by atoms with Crippen molar-refractivity contribution in [2.75, 3.05) is 10.7 Å². The van der Waals surface area contributed by atoms with Crippen LogP contribution in [0, 0.1) is 0 Å². The number of rotatable bonds is 6. The molecular formula is C24H20N2O4S. The molecule has 0 aromatic heterocycles. The number of thioether (sulfide) groups is 1. The first-order valence-electron chi connectivity index (χ1n) is 9.71. The Bertz CT molecular complexity index is 1120. The van der Waals surface area contributed by atoms with Crippen LogP contribution in [0.1, 0.15) is 12.5 Å². The van der Waals surface area contributed by atoms with Crippen LogP contribution in [-0.2, 0) is 16.1 Å². The third-order valence-corrected chi connectivity index (χ3v) is 5.58. The topological polar surface area (TPSA) is 66.9 Å². The molecule has 31 heavy (non-hydrogen) atoms. The van der Waals surface area contributed by atoms with Gasteiger partial charge >= 0.3 is 0 Å². The van der Waals surface area contributed by atoms with Crippen molar-refractivity contribution in [3.63, 3.8) is 0 Å². The highest BCUT2D eigenvalue weighted by atomic mass is 32.2. The molecule has 1 aliphatic heterocycles. The van der Waals surface area contributed by atoms with Gasteiger partial charge in [-0.25, -0.2) is 0 Å². The lowest BCUT2D eigenvalue weighted by Crippen LogP contribution is -2.28. The standard InChI is InChI=1S/C24H20N2O4S/c1-17(27)26(20-9-6-12-22(14-20)30-21-10-3-2-4-11-21)19-8-5-7-18(13-19)15-25-23(28)16-31-24(25)29/h2-14H,15-16H2,1H3. The number of para-hydroxylation sites is 1. The molecule has 1 saturated heterocycles. The van der Waals surface area contributed by atoms with Crippen molar-refractivity contribution in [3.8, 4) is 11.5 Å². The minimum absolute atomic E-state index is 0.169. The van der Waals surface area contributed by atoms with Gasteiger partial charge in [0.15, 0.2) is 0 Å². The summed E-state index contributed by atoms with van der Waals surface area (Å²) in [6.45, 7) is 1.67. The van der Waals surface area contributed by atoms with Crippen molar-refractivity contribution >= 4 is 40.2 Å². The normalized spacial score (nSPS) is 13.4. The quantitative estimate of drug-likeness (QED) is 0.525. The summed E-state index contributed by atoms with van der Waals surface area (Å²) in [6, 6.07) is 24.0. The number of benzene rings is 3. The molecular weight excluding hydrogens is 412 g/mol. The molecule has 0 bridgehead atoms. The Balaban J connectivity index is 1.61. The highest BCUT2D eigenvalue weighted by molar-refractivity contribution is 8.14. The molecule has 0 aliphatic carbocycles. The molecule has 1 fully saturated rings. The van der Waals surface area contributed by atoms with Crippen molar-refractivity contribution in [1.29, 1.82) is 0 Å². The first-order valence-corrected chi connectivity index (χ1v) is 10.7. The van der Waals surface area contributed by atoms with Gasteiger partial charge in [-0.15, -0.1) is 0 Å². The van der Waals surface area contributed by atoms with Crippen LogP contribution in [0.15, 0.2) is 78.9 Å². The number of amides is 3. The van der Waals surface area contributed by atoms with Crippen LogP contribution in [-0.4, -0.2) is 27.7 Å². The number of imide groups is 1. The van der Waals surface area contributed by atoms with Crippen LogP contribution in [0.25, 0.3) is 0 Å². The summed E-state index contributed by atoms with van der Waals surface area (Å²) >= 11 is 1.01. The van der Waals surface area contributed by atoms with Gasteiger partial charge in [-0.2, -0.15) is 0 Å². The second kappa shape index (κ2) is 9.06. The lowest BCUT2D eigenvalue weighted by Gasteiger charge is -2.23. The van der Waals surface area contributed by atoms with Crippen molar-refractivity contribution < 1.29 is 19.1 Å². The lowest BCUT2D eigenvalue weighted by atomic mass is 10.1. The Morgan fingerprint density at radius 2 is 1.61 bits per heavy atom. The average Bonchev–Trinajstić information content (AvgIpc) is 3.07. The highest BCUT2D eigenvalue weighted by Crippen LogP contribution is 2.31. The Hall–Kier alpha value is -3.58. The van der Waals surface area contributed by atoms with E-state index in [2.05, 4.69) is 0 Å². The van der Waals surface area contributed by atoms with E-state index < -0.39 is 0 Å². The zero-order valence-corrected chi connectivity index (χ0v) is 17.7.